The highest BCUT2D eigenvalue weighted by molar-refractivity contribution is 5.26. The van der Waals surface area contributed by atoms with Gasteiger partial charge in [-0.1, -0.05) is 100 Å². The van der Waals surface area contributed by atoms with Crippen LogP contribution in [0.2, 0.25) is 0 Å². The van der Waals surface area contributed by atoms with E-state index in [0.717, 1.165) is 25.7 Å². The van der Waals surface area contributed by atoms with Gasteiger partial charge in [-0.2, -0.15) is 0 Å². The third-order valence-electron chi connectivity index (χ3n) is 6.29. The lowest BCUT2D eigenvalue weighted by Gasteiger charge is -2.49. The molecule has 1 heterocycles. The van der Waals surface area contributed by atoms with E-state index >= 15 is 0 Å². The fraction of sp³-hybridized carbons (Fsp3) is 0.520. The van der Waals surface area contributed by atoms with E-state index in [1.54, 1.807) is 0 Å². The lowest BCUT2D eigenvalue weighted by molar-refractivity contribution is -0.0838. The summed E-state index contributed by atoms with van der Waals surface area (Å²) in [6, 6.07) is 21.7. The number of aliphatic hydroxyl groups is 1. The van der Waals surface area contributed by atoms with Gasteiger partial charge in [0.15, 0.2) is 0 Å². The molecule has 2 N–H and O–H groups in total. The van der Waals surface area contributed by atoms with Crippen LogP contribution in [0.1, 0.15) is 82.0 Å². The van der Waals surface area contributed by atoms with Crippen LogP contribution < -0.4 is 5.32 Å². The van der Waals surface area contributed by atoms with Crippen LogP contribution in [0.15, 0.2) is 60.7 Å². The van der Waals surface area contributed by atoms with Gasteiger partial charge in [0, 0.05) is 18.0 Å². The van der Waals surface area contributed by atoms with Crippen molar-refractivity contribution in [3.63, 3.8) is 0 Å². The van der Waals surface area contributed by atoms with Crippen LogP contribution in [-0.2, 0) is 0 Å². The fourth-order valence-electron chi connectivity index (χ4n) is 4.86. The Bertz CT molecular complexity index is 671. The van der Waals surface area contributed by atoms with Crippen LogP contribution in [-0.4, -0.2) is 10.7 Å². The summed E-state index contributed by atoms with van der Waals surface area (Å²) in [5.74, 6) is 0.237. The summed E-state index contributed by atoms with van der Waals surface area (Å²) in [5, 5.41) is 15.7. The summed E-state index contributed by atoms with van der Waals surface area (Å²) < 4.78 is 0. The molecule has 27 heavy (non-hydrogen) atoms. The lowest BCUT2D eigenvalue weighted by Crippen LogP contribution is -2.53. The molecule has 1 fully saturated rings. The topological polar surface area (TPSA) is 32.3 Å². The van der Waals surface area contributed by atoms with Gasteiger partial charge < -0.3 is 10.4 Å². The second kappa shape index (κ2) is 9.52. The number of unbranched alkanes of at least 4 members (excludes halogenated alkanes) is 3. The van der Waals surface area contributed by atoms with E-state index in [2.05, 4.69) is 79.8 Å². The summed E-state index contributed by atoms with van der Waals surface area (Å²) in [6.07, 6.45) is 7.51. The SMILES string of the molecule is CCCCCC[C@]1(O)C[C@H](c2ccccc2)N[C@@H](c2ccccc2)[C@@H]1CC. The van der Waals surface area contributed by atoms with Crippen molar-refractivity contribution in [2.45, 2.75) is 76.5 Å². The van der Waals surface area contributed by atoms with Crippen LogP contribution >= 0.6 is 0 Å². The number of hydrogen-bond donors (Lipinski definition) is 2. The van der Waals surface area contributed by atoms with Crippen molar-refractivity contribution in [1.82, 2.24) is 5.32 Å². The van der Waals surface area contributed by atoms with Gasteiger partial charge in [-0.05, 0) is 30.4 Å². The highest BCUT2D eigenvalue weighted by Crippen LogP contribution is 2.47. The Hall–Kier alpha value is -1.64. The highest BCUT2D eigenvalue weighted by Gasteiger charge is 2.46. The smallest absolute Gasteiger partial charge is 0.0712 e. The Balaban J connectivity index is 1.89. The fourth-order valence-corrected chi connectivity index (χ4v) is 4.86. The van der Waals surface area contributed by atoms with Crippen LogP contribution in [0.25, 0.3) is 0 Å². The first kappa shape index (κ1) is 20.1. The van der Waals surface area contributed by atoms with Gasteiger partial charge >= 0.3 is 0 Å². The Morgan fingerprint density at radius 2 is 1.52 bits per heavy atom. The average Bonchev–Trinajstić information content (AvgIpc) is 2.72. The first-order valence-electron chi connectivity index (χ1n) is 10.8. The number of rotatable bonds is 8. The first-order chi connectivity index (χ1) is 13.2. The molecule has 0 saturated carbocycles. The summed E-state index contributed by atoms with van der Waals surface area (Å²) >= 11 is 0. The zero-order chi connectivity index (χ0) is 19.1. The van der Waals surface area contributed by atoms with Gasteiger partial charge in [0.05, 0.1) is 5.60 Å². The van der Waals surface area contributed by atoms with Crippen LogP contribution in [0, 0.1) is 5.92 Å². The molecule has 146 valence electrons. The normalized spacial score (nSPS) is 28.2. The van der Waals surface area contributed by atoms with Gasteiger partial charge in [-0.15, -0.1) is 0 Å². The molecule has 0 unspecified atom stereocenters. The molecule has 2 nitrogen and oxygen atoms in total. The zero-order valence-corrected chi connectivity index (χ0v) is 16.9. The van der Waals surface area contributed by atoms with Crippen LogP contribution in [0.5, 0.6) is 0 Å². The molecule has 1 aliphatic heterocycles. The van der Waals surface area contributed by atoms with Gasteiger partial charge in [0.2, 0.25) is 0 Å². The molecule has 0 amide bonds. The maximum Gasteiger partial charge on any atom is 0.0712 e. The van der Waals surface area contributed by atoms with Crippen molar-refractivity contribution in [3.05, 3.63) is 71.8 Å². The predicted octanol–water partition coefficient (Wildman–Crippen LogP) is 6.19. The minimum atomic E-state index is -0.616. The Labute approximate surface area is 165 Å². The molecule has 4 atom stereocenters. The monoisotopic (exact) mass is 365 g/mol. The highest BCUT2D eigenvalue weighted by atomic mass is 16.3. The minimum Gasteiger partial charge on any atom is -0.389 e. The van der Waals surface area contributed by atoms with Crippen LogP contribution in [0.3, 0.4) is 0 Å². The molecular weight excluding hydrogens is 330 g/mol. The molecule has 2 aromatic rings. The van der Waals surface area contributed by atoms with Crippen molar-refractivity contribution < 1.29 is 5.11 Å². The zero-order valence-electron chi connectivity index (χ0n) is 16.9. The molecule has 0 aromatic heterocycles. The van der Waals surface area contributed by atoms with Gasteiger partial charge in [-0.3, -0.25) is 0 Å². The van der Waals surface area contributed by atoms with Crippen molar-refractivity contribution in [2.24, 2.45) is 5.92 Å². The van der Waals surface area contributed by atoms with E-state index in [1.807, 2.05) is 0 Å². The molecule has 2 aromatic carbocycles. The van der Waals surface area contributed by atoms with Crippen LogP contribution in [0.4, 0.5) is 0 Å². The van der Waals surface area contributed by atoms with Crippen molar-refractivity contribution in [1.29, 1.82) is 0 Å². The average molecular weight is 366 g/mol. The molecule has 1 saturated heterocycles. The molecule has 3 rings (SSSR count). The first-order valence-corrected chi connectivity index (χ1v) is 10.8. The summed E-state index contributed by atoms with van der Waals surface area (Å²) in [6.45, 7) is 4.47. The molecule has 0 spiro atoms. The second-order valence-electron chi connectivity index (χ2n) is 8.15. The Morgan fingerprint density at radius 1 is 0.889 bits per heavy atom. The molecule has 0 bridgehead atoms. The minimum absolute atomic E-state index is 0.186. The molecular formula is C25H35NO. The third kappa shape index (κ3) is 4.80. The molecule has 0 aliphatic carbocycles. The Kier molecular flexibility index (Phi) is 7.09. The van der Waals surface area contributed by atoms with E-state index < -0.39 is 5.60 Å². The Morgan fingerprint density at radius 3 is 2.11 bits per heavy atom. The largest absolute Gasteiger partial charge is 0.389 e. The number of piperidine rings is 1. The van der Waals surface area contributed by atoms with Crippen molar-refractivity contribution in [3.8, 4) is 0 Å². The number of hydrogen-bond acceptors (Lipinski definition) is 2. The predicted molar refractivity (Wildman–Crippen MR) is 114 cm³/mol. The van der Waals surface area contributed by atoms with Gasteiger partial charge in [0.25, 0.3) is 0 Å². The maximum atomic E-state index is 11.9. The molecule has 1 aliphatic rings. The number of benzene rings is 2. The quantitative estimate of drug-likeness (QED) is 0.547. The van der Waals surface area contributed by atoms with E-state index in [-0.39, 0.29) is 18.0 Å². The summed E-state index contributed by atoms with van der Waals surface area (Å²) in [5.41, 5.74) is 1.95. The standard InChI is InChI=1S/C25H35NO/c1-3-5-6-13-18-25(27)19-23(20-14-9-7-10-15-20)26-24(22(25)4-2)21-16-11-8-12-17-21/h7-12,14-17,22-24,26-27H,3-6,13,18-19H2,1-2H3/t22-,23+,24-,25-/m0/s1. The van der Waals surface area contributed by atoms with E-state index in [0.29, 0.717) is 0 Å². The van der Waals surface area contributed by atoms with E-state index in [1.165, 1.54) is 30.4 Å². The van der Waals surface area contributed by atoms with Gasteiger partial charge in [0.1, 0.15) is 0 Å². The second-order valence-corrected chi connectivity index (χ2v) is 8.15. The summed E-state index contributed by atoms with van der Waals surface area (Å²) in [7, 11) is 0. The van der Waals surface area contributed by atoms with Gasteiger partial charge in [-0.25, -0.2) is 0 Å². The molecule has 0 radical (unpaired) electrons. The van der Waals surface area contributed by atoms with E-state index in [9.17, 15) is 5.11 Å². The summed E-state index contributed by atoms with van der Waals surface area (Å²) in [4.78, 5) is 0. The van der Waals surface area contributed by atoms with Crippen molar-refractivity contribution in [2.75, 3.05) is 0 Å². The van der Waals surface area contributed by atoms with Crippen molar-refractivity contribution >= 4 is 0 Å². The molecule has 2 heteroatoms. The number of nitrogens with one attached hydrogen (secondary N) is 1. The lowest BCUT2D eigenvalue weighted by atomic mass is 9.68. The third-order valence-corrected chi connectivity index (χ3v) is 6.29. The van der Waals surface area contributed by atoms with E-state index in [4.69, 9.17) is 0 Å². The maximum absolute atomic E-state index is 11.9.